The number of nitrogens with zero attached hydrogens (tertiary/aromatic N) is 4. The second-order valence-corrected chi connectivity index (χ2v) is 7.77. The molecule has 0 bridgehead atoms. The number of pyridine rings is 1. The van der Waals surface area contributed by atoms with Crippen molar-refractivity contribution in [3.63, 3.8) is 0 Å². The Bertz CT molecular complexity index is 1370. The number of carbonyl (C=O) groups is 2. The summed E-state index contributed by atoms with van der Waals surface area (Å²) in [6.45, 7) is 1.97. The molecule has 2 aromatic heterocycles. The Hall–Kier alpha value is -3.58. The van der Waals surface area contributed by atoms with E-state index in [1.54, 1.807) is 13.0 Å². The van der Waals surface area contributed by atoms with Gasteiger partial charge >= 0.3 is 0 Å². The smallest absolute Gasteiger partial charge is 0.263 e. The van der Waals surface area contributed by atoms with Crippen LogP contribution in [0.2, 0.25) is 5.02 Å². The van der Waals surface area contributed by atoms with Crippen LogP contribution in [-0.2, 0) is 6.42 Å². The van der Waals surface area contributed by atoms with E-state index in [2.05, 4.69) is 10.1 Å². The fourth-order valence-corrected chi connectivity index (χ4v) is 4.08. The van der Waals surface area contributed by atoms with Crippen LogP contribution >= 0.6 is 11.6 Å². The van der Waals surface area contributed by atoms with E-state index in [0.29, 0.717) is 23.1 Å². The molecule has 8 heteroatoms. The van der Waals surface area contributed by atoms with E-state index in [-0.39, 0.29) is 40.2 Å². The third-order valence-electron chi connectivity index (χ3n) is 5.41. The molecule has 6 nitrogen and oxygen atoms in total. The van der Waals surface area contributed by atoms with Crippen molar-refractivity contribution in [1.29, 1.82) is 0 Å². The van der Waals surface area contributed by atoms with Crippen LogP contribution in [0, 0.1) is 12.7 Å². The van der Waals surface area contributed by atoms with E-state index in [1.807, 2.05) is 30.3 Å². The molecule has 2 aromatic carbocycles. The molecule has 1 aliphatic rings. The SMILES string of the molecule is Cc1nn(-c2ccc(Cl)cc2F)c2ncc3c(c12)C(=O)N(CCc1ccccc1)C3=O. The molecule has 1 aliphatic heterocycles. The van der Waals surface area contributed by atoms with Gasteiger partial charge in [-0.3, -0.25) is 14.5 Å². The molecule has 0 unspecified atom stereocenters. The van der Waals surface area contributed by atoms with Gasteiger partial charge in [0.2, 0.25) is 0 Å². The molecule has 5 rings (SSSR count). The quantitative estimate of drug-likeness (QED) is 0.447. The van der Waals surface area contributed by atoms with Gasteiger partial charge in [0.15, 0.2) is 5.65 Å². The summed E-state index contributed by atoms with van der Waals surface area (Å²) in [5.41, 5.74) is 2.49. The highest BCUT2D eigenvalue weighted by Gasteiger charge is 2.38. The molecule has 0 N–H and O–H groups in total. The molecule has 0 radical (unpaired) electrons. The van der Waals surface area contributed by atoms with Crippen molar-refractivity contribution in [2.24, 2.45) is 0 Å². The molecule has 0 aliphatic carbocycles. The van der Waals surface area contributed by atoms with Crippen molar-refractivity contribution in [3.8, 4) is 5.69 Å². The molecular weight excluding hydrogens is 419 g/mol. The van der Waals surface area contributed by atoms with Crippen LogP contribution in [0.1, 0.15) is 32.0 Å². The standard InChI is InChI=1S/C23H16ClFN4O2/c1-13-19-20-16(22(30)28(23(20)31)10-9-14-5-3-2-4-6-14)12-26-21(19)29(27-13)18-8-7-15(24)11-17(18)25/h2-8,11-12H,9-10H2,1H3. The zero-order valence-electron chi connectivity index (χ0n) is 16.5. The summed E-state index contributed by atoms with van der Waals surface area (Å²) in [6.07, 6.45) is 1.92. The number of amides is 2. The summed E-state index contributed by atoms with van der Waals surface area (Å²) in [6, 6.07) is 13.9. The Morgan fingerprint density at radius 2 is 1.84 bits per heavy atom. The van der Waals surface area contributed by atoms with Crippen LogP contribution < -0.4 is 0 Å². The van der Waals surface area contributed by atoms with Crippen molar-refractivity contribution >= 4 is 34.4 Å². The lowest BCUT2D eigenvalue weighted by atomic mass is 10.1. The van der Waals surface area contributed by atoms with Crippen molar-refractivity contribution in [2.45, 2.75) is 13.3 Å². The van der Waals surface area contributed by atoms with Gasteiger partial charge in [-0.15, -0.1) is 0 Å². The van der Waals surface area contributed by atoms with Gasteiger partial charge in [0.05, 0.1) is 22.2 Å². The van der Waals surface area contributed by atoms with Crippen molar-refractivity contribution in [3.05, 3.63) is 88.0 Å². The van der Waals surface area contributed by atoms with Crippen LogP contribution in [-0.4, -0.2) is 38.0 Å². The number of aryl methyl sites for hydroxylation is 1. The van der Waals surface area contributed by atoms with Gasteiger partial charge in [0.1, 0.15) is 11.5 Å². The summed E-state index contributed by atoms with van der Waals surface area (Å²) < 4.78 is 15.8. The second kappa shape index (κ2) is 7.28. The maximum Gasteiger partial charge on any atom is 0.263 e. The lowest BCUT2D eigenvalue weighted by Crippen LogP contribution is -2.31. The summed E-state index contributed by atoms with van der Waals surface area (Å²) in [5, 5.41) is 5.11. The molecule has 0 saturated carbocycles. The van der Waals surface area contributed by atoms with E-state index >= 15 is 0 Å². The van der Waals surface area contributed by atoms with Crippen LogP contribution in [0.3, 0.4) is 0 Å². The van der Waals surface area contributed by atoms with Gasteiger partial charge in [-0.25, -0.2) is 14.1 Å². The number of rotatable bonds is 4. The summed E-state index contributed by atoms with van der Waals surface area (Å²) in [7, 11) is 0. The minimum Gasteiger partial charge on any atom is -0.274 e. The van der Waals surface area contributed by atoms with Crippen molar-refractivity contribution in [2.75, 3.05) is 6.54 Å². The monoisotopic (exact) mass is 434 g/mol. The van der Waals surface area contributed by atoms with Gasteiger partial charge in [0.25, 0.3) is 11.8 Å². The highest BCUT2D eigenvalue weighted by molar-refractivity contribution is 6.30. The van der Waals surface area contributed by atoms with Crippen molar-refractivity contribution < 1.29 is 14.0 Å². The maximum atomic E-state index is 14.5. The van der Waals surface area contributed by atoms with Crippen LogP contribution in [0.15, 0.2) is 54.7 Å². The first-order chi connectivity index (χ1) is 15.0. The van der Waals surface area contributed by atoms with Crippen LogP contribution in [0.25, 0.3) is 16.7 Å². The van der Waals surface area contributed by atoms with Crippen LogP contribution in [0.4, 0.5) is 4.39 Å². The summed E-state index contributed by atoms with van der Waals surface area (Å²) in [5.74, 6) is -1.33. The topological polar surface area (TPSA) is 68.1 Å². The Labute approximate surface area is 181 Å². The van der Waals surface area contributed by atoms with Crippen LogP contribution in [0.5, 0.6) is 0 Å². The molecule has 154 valence electrons. The lowest BCUT2D eigenvalue weighted by Gasteiger charge is -2.13. The molecule has 2 amide bonds. The first-order valence-corrected chi connectivity index (χ1v) is 10.1. The number of hydrogen-bond donors (Lipinski definition) is 0. The third-order valence-corrected chi connectivity index (χ3v) is 5.65. The fourth-order valence-electron chi connectivity index (χ4n) is 3.92. The Balaban J connectivity index is 1.57. The number of hydrogen-bond acceptors (Lipinski definition) is 4. The second-order valence-electron chi connectivity index (χ2n) is 7.34. The zero-order chi connectivity index (χ0) is 21.7. The van der Waals surface area contributed by atoms with Gasteiger partial charge in [-0.05, 0) is 37.1 Å². The largest absolute Gasteiger partial charge is 0.274 e. The van der Waals surface area contributed by atoms with Gasteiger partial charge < -0.3 is 0 Å². The summed E-state index contributed by atoms with van der Waals surface area (Å²) in [4.78, 5) is 31.7. The molecular formula is C23H16ClFN4O2. The zero-order valence-corrected chi connectivity index (χ0v) is 17.2. The maximum absolute atomic E-state index is 14.5. The number of benzene rings is 2. The third kappa shape index (κ3) is 3.09. The van der Waals surface area contributed by atoms with E-state index < -0.39 is 5.82 Å². The van der Waals surface area contributed by atoms with Gasteiger partial charge in [0, 0.05) is 17.8 Å². The molecule has 0 saturated heterocycles. The predicted molar refractivity (Wildman–Crippen MR) is 114 cm³/mol. The molecule has 31 heavy (non-hydrogen) atoms. The van der Waals surface area contributed by atoms with E-state index in [9.17, 15) is 14.0 Å². The number of fused-ring (bicyclic) bond motifs is 3. The number of carbonyl (C=O) groups excluding carboxylic acids is 2. The fraction of sp³-hybridized carbons (Fsp3) is 0.130. The van der Waals surface area contributed by atoms with Gasteiger partial charge in [-0.1, -0.05) is 41.9 Å². The Kier molecular flexibility index (Phi) is 4.55. The minimum atomic E-state index is -0.564. The van der Waals surface area contributed by atoms with E-state index in [4.69, 9.17) is 11.6 Å². The highest BCUT2D eigenvalue weighted by atomic mass is 35.5. The Morgan fingerprint density at radius 1 is 1.06 bits per heavy atom. The number of imide groups is 1. The molecule has 3 heterocycles. The predicted octanol–water partition coefficient (Wildman–Crippen LogP) is 4.36. The number of halogens is 2. The summed E-state index contributed by atoms with van der Waals surface area (Å²) >= 11 is 5.86. The first kappa shape index (κ1) is 19.4. The molecule has 0 fully saturated rings. The minimum absolute atomic E-state index is 0.160. The lowest BCUT2D eigenvalue weighted by molar-refractivity contribution is 0.0656. The highest BCUT2D eigenvalue weighted by Crippen LogP contribution is 2.32. The normalized spacial score (nSPS) is 13.3. The molecule has 4 aromatic rings. The van der Waals surface area contributed by atoms with E-state index in [0.717, 1.165) is 5.56 Å². The van der Waals surface area contributed by atoms with Gasteiger partial charge in [-0.2, -0.15) is 5.10 Å². The Morgan fingerprint density at radius 3 is 2.58 bits per heavy atom. The average Bonchev–Trinajstić information content (AvgIpc) is 3.21. The van der Waals surface area contributed by atoms with Crippen molar-refractivity contribution in [1.82, 2.24) is 19.7 Å². The first-order valence-electron chi connectivity index (χ1n) is 9.69. The number of aromatic nitrogens is 3. The molecule has 0 spiro atoms. The van der Waals surface area contributed by atoms with E-state index in [1.165, 1.54) is 27.9 Å². The average molecular weight is 435 g/mol. The molecule has 0 atom stereocenters.